The minimum absolute atomic E-state index is 0.0439. The number of likely N-dealkylation sites (tertiary alicyclic amines) is 1. The van der Waals surface area contributed by atoms with Gasteiger partial charge in [-0.05, 0) is 36.8 Å². The fraction of sp³-hybridized carbons (Fsp3) is 0.231. The molecule has 1 atom stereocenters. The number of amides is 2. The molecule has 0 unspecified atom stereocenters. The van der Waals surface area contributed by atoms with Gasteiger partial charge < -0.3 is 14.1 Å². The van der Waals surface area contributed by atoms with Crippen molar-refractivity contribution >= 4 is 24.0 Å². The topological polar surface area (TPSA) is 101 Å². The van der Waals surface area contributed by atoms with Crippen molar-refractivity contribution < 1.29 is 23.5 Å². The first-order valence-electron chi connectivity index (χ1n) is 11.1. The molecule has 0 aliphatic carbocycles. The Balaban J connectivity index is 1.28. The van der Waals surface area contributed by atoms with E-state index in [9.17, 15) is 14.4 Å². The molecule has 1 N–H and O–H groups in total. The van der Waals surface area contributed by atoms with E-state index in [-0.39, 0.29) is 30.2 Å². The summed E-state index contributed by atoms with van der Waals surface area (Å²) >= 11 is 0. The minimum atomic E-state index is -0.375. The fourth-order valence-electron chi connectivity index (χ4n) is 3.81. The summed E-state index contributed by atoms with van der Waals surface area (Å²) in [5.41, 5.74) is 4.79. The summed E-state index contributed by atoms with van der Waals surface area (Å²) in [6, 6.07) is 20.2. The van der Waals surface area contributed by atoms with E-state index in [2.05, 4.69) is 10.5 Å². The van der Waals surface area contributed by atoms with Crippen LogP contribution in [-0.2, 0) is 14.3 Å². The van der Waals surface area contributed by atoms with Gasteiger partial charge in [0.05, 0.1) is 18.4 Å². The van der Waals surface area contributed by atoms with Crippen molar-refractivity contribution in [3.8, 4) is 11.3 Å². The highest BCUT2D eigenvalue weighted by molar-refractivity contribution is 5.90. The summed E-state index contributed by atoms with van der Waals surface area (Å²) in [6.07, 6.45) is 1.80. The lowest BCUT2D eigenvalue weighted by Gasteiger charge is -2.15. The molecule has 0 bridgehead atoms. The van der Waals surface area contributed by atoms with Crippen LogP contribution in [0.5, 0.6) is 0 Å². The standard InChI is InChI=1S/C26H25N3O5/c1-2-33-26(32)20-10-8-19(9-11-20)23-13-12-22(34-23)15-27-28-24(30)17-29-16-21(14-25(29)31)18-6-4-3-5-7-18/h3-13,15,21H,2,14,16-17H2,1H3,(H,28,30)/b27-15-/t21-/m1/s1. The third kappa shape index (κ3) is 5.58. The number of nitrogens with one attached hydrogen (secondary N) is 1. The molecule has 1 fully saturated rings. The van der Waals surface area contributed by atoms with Gasteiger partial charge in [-0.3, -0.25) is 9.59 Å². The highest BCUT2D eigenvalue weighted by Gasteiger charge is 2.31. The normalized spacial score (nSPS) is 15.6. The van der Waals surface area contributed by atoms with Crippen molar-refractivity contribution in [3.05, 3.63) is 83.6 Å². The van der Waals surface area contributed by atoms with E-state index in [1.807, 2.05) is 30.3 Å². The van der Waals surface area contributed by atoms with E-state index in [1.54, 1.807) is 48.2 Å². The largest absolute Gasteiger partial charge is 0.462 e. The van der Waals surface area contributed by atoms with Crippen LogP contribution in [0.3, 0.4) is 0 Å². The summed E-state index contributed by atoms with van der Waals surface area (Å²) in [7, 11) is 0. The Morgan fingerprint density at radius 1 is 1.12 bits per heavy atom. The van der Waals surface area contributed by atoms with Crippen molar-refractivity contribution in [1.82, 2.24) is 10.3 Å². The Bertz CT molecular complexity index is 1180. The molecule has 1 aromatic heterocycles. The van der Waals surface area contributed by atoms with Crippen molar-refractivity contribution in [2.75, 3.05) is 19.7 Å². The third-order valence-corrected chi connectivity index (χ3v) is 5.51. The van der Waals surface area contributed by atoms with Crippen molar-refractivity contribution in [1.29, 1.82) is 0 Å². The molecule has 1 aliphatic heterocycles. The molecule has 1 saturated heterocycles. The van der Waals surface area contributed by atoms with E-state index in [0.717, 1.165) is 11.1 Å². The van der Waals surface area contributed by atoms with Crippen LogP contribution in [0, 0.1) is 0 Å². The highest BCUT2D eigenvalue weighted by Crippen LogP contribution is 2.27. The molecule has 8 nitrogen and oxygen atoms in total. The zero-order chi connectivity index (χ0) is 23.9. The third-order valence-electron chi connectivity index (χ3n) is 5.51. The van der Waals surface area contributed by atoms with Gasteiger partial charge in [0.1, 0.15) is 18.1 Å². The zero-order valence-electron chi connectivity index (χ0n) is 18.8. The SMILES string of the molecule is CCOC(=O)c1ccc(-c2ccc(/C=N\NC(=O)CN3C[C@H](c4ccccc4)CC3=O)o2)cc1. The molecule has 34 heavy (non-hydrogen) atoms. The first-order chi connectivity index (χ1) is 16.5. The number of nitrogens with zero attached hydrogens (tertiary/aromatic N) is 2. The Morgan fingerprint density at radius 2 is 1.88 bits per heavy atom. The van der Waals surface area contributed by atoms with Gasteiger partial charge in [0.25, 0.3) is 5.91 Å². The van der Waals surface area contributed by atoms with E-state index in [1.165, 1.54) is 6.21 Å². The van der Waals surface area contributed by atoms with E-state index in [0.29, 0.717) is 36.7 Å². The van der Waals surface area contributed by atoms with Crippen LogP contribution in [0.1, 0.15) is 40.9 Å². The lowest BCUT2D eigenvalue weighted by atomic mass is 9.99. The average molecular weight is 460 g/mol. The summed E-state index contributed by atoms with van der Waals surface area (Å²) in [6.45, 7) is 2.54. The predicted octanol–water partition coefficient (Wildman–Crippen LogP) is 3.59. The number of rotatable bonds is 8. The first kappa shape index (κ1) is 23.0. The number of carbonyl (C=O) groups is 3. The number of benzene rings is 2. The van der Waals surface area contributed by atoms with Gasteiger partial charge in [-0.2, -0.15) is 5.10 Å². The maximum atomic E-state index is 12.3. The summed E-state index contributed by atoms with van der Waals surface area (Å²) in [5, 5.41) is 3.93. The monoisotopic (exact) mass is 459 g/mol. The first-order valence-corrected chi connectivity index (χ1v) is 11.1. The number of hydrazone groups is 1. The van der Waals surface area contributed by atoms with Crippen LogP contribution in [0.2, 0.25) is 0 Å². The molecular formula is C26H25N3O5. The second-order valence-corrected chi connectivity index (χ2v) is 7.88. The number of carbonyl (C=O) groups excluding carboxylic acids is 3. The van der Waals surface area contributed by atoms with Gasteiger partial charge in [-0.15, -0.1) is 0 Å². The molecule has 8 heteroatoms. The maximum absolute atomic E-state index is 12.3. The Labute approximate surface area is 197 Å². The Hall–Kier alpha value is -4.20. The molecule has 4 rings (SSSR count). The van der Waals surface area contributed by atoms with Gasteiger partial charge in [0.2, 0.25) is 5.91 Å². The molecule has 174 valence electrons. The van der Waals surface area contributed by atoms with Crippen molar-refractivity contribution in [2.24, 2.45) is 5.10 Å². The average Bonchev–Trinajstić information content (AvgIpc) is 3.47. The summed E-state index contributed by atoms with van der Waals surface area (Å²) in [4.78, 5) is 37.8. The van der Waals surface area contributed by atoms with Gasteiger partial charge in [0.15, 0.2) is 0 Å². The molecule has 0 saturated carbocycles. The van der Waals surface area contributed by atoms with Gasteiger partial charge >= 0.3 is 5.97 Å². The van der Waals surface area contributed by atoms with Crippen molar-refractivity contribution in [2.45, 2.75) is 19.3 Å². The van der Waals surface area contributed by atoms with Crippen LogP contribution in [-0.4, -0.2) is 48.6 Å². The lowest BCUT2D eigenvalue weighted by Crippen LogP contribution is -2.36. The Morgan fingerprint density at radius 3 is 2.62 bits per heavy atom. The molecule has 0 radical (unpaired) electrons. The van der Waals surface area contributed by atoms with Crippen LogP contribution in [0.4, 0.5) is 0 Å². The second kappa shape index (κ2) is 10.6. The maximum Gasteiger partial charge on any atom is 0.338 e. The molecule has 2 aromatic carbocycles. The molecule has 3 aromatic rings. The smallest absolute Gasteiger partial charge is 0.338 e. The van der Waals surface area contributed by atoms with E-state index < -0.39 is 0 Å². The number of furan rings is 1. The zero-order valence-corrected chi connectivity index (χ0v) is 18.8. The van der Waals surface area contributed by atoms with Crippen LogP contribution < -0.4 is 5.43 Å². The molecular weight excluding hydrogens is 434 g/mol. The van der Waals surface area contributed by atoms with E-state index in [4.69, 9.17) is 9.15 Å². The quantitative estimate of drug-likeness (QED) is 0.315. The van der Waals surface area contributed by atoms with E-state index >= 15 is 0 Å². The number of esters is 1. The van der Waals surface area contributed by atoms with Crippen LogP contribution >= 0.6 is 0 Å². The number of hydrogen-bond donors (Lipinski definition) is 1. The molecule has 0 spiro atoms. The highest BCUT2D eigenvalue weighted by atomic mass is 16.5. The number of hydrogen-bond acceptors (Lipinski definition) is 6. The summed E-state index contributed by atoms with van der Waals surface area (Å²) < 4.78 is 10.7. The molecule has 2 heterocycles. The van der Waals surface area contributed by atoms with Crippen LogP contribution in [0.25, 0.3) is 11.3 Å². The lowest BCUT2D eigenvalue weighted by molar-refractivity contribution is -0.133. The summed E-state index contributed by atoms with van der Waals surface area (Å²) in [5.74, 6) is 0.349. The fourth-order valence-corrected chi connectivity index (χ4v) is 3.81. The van der Waals surface area contributed by atoms with Gasteiger partial charge in [-0.1, -0.05) is 42.5 Å². The molecule has 1 aliphatic rings. The minimum Gasteiger partial charge on any atom is -0.462 e. The van der Waals surface area contributed by atoms with Crippen molar-refractivity contribution in [3.63, 3.8) is 0 Å². The second-order valence-electron chi connectivity index (χ2n) is 7.88. The van der Waals surface area contributed by atoms with Gasteiger partial charge in [0, 0.05) is 24.4 Å². The Kier molecular flexibility index (Phi) is 7.17. The number of ether oxygens (including phenoxy) is 1. The molecule has 2 amide bonds. The van der Waals surface area contributed by atoms with Gasteiger partial charge in [-0.25, -0.2) is 10.2 Å². The predicted molar refractivity (Wildman–Crippen MR) is 126 cm³/mol. The van der Waals surface area contributed by atoms with Crippen LogP contribution in [0.15, 0.2) is 76.2 Å².